The summed E-state index contributed by atoms with van der Waals surface area (Å²) in [5.41, 5.74) is 6.99. The molecule has 0 radical (unpaired) electrons. The molecule has 1 aromatic carbocycles. The molecule has 4 N–H and O–H groups in total. The SMILES string of the molecule is Cc1cc(C(N)=O)ccc1NC(=O)CCCO. The molecule has 0 aliphatic heterocycles. The number of amides is 2. The van der Waals surface area contributed by atoms with Crippen LogP contribution in [-0.4, -0.2) is 23.5 Å². The topological polar surface area (TPSA) is 92.4 Å². The maximum Gasteiger partial charge on any atom is 0.248 e. The summed E-state index contributed by atoms with van der Waals surface area (Å²) in [5, 5.41) is 11.3. The maximum atomic E-state index is 11.4. The number of nitrogens with two attached hydrogens (primary N) is 1. The first kappa shape index (κ1) is 13.2. The quantitative estimate of drug-likeness (QED) is 0.706. The maximum absolute atomic E-state index is 11.4. The summed E-state index contributed by atoms with van der Waals surface area (Å²) in [6.45, 7) is 1.78. The number of hydrogen-bond acceptors (Lipinski definition) is 3. The van der Waals surface area contributed by atoms with Gasteiger partial charge in [0.2, 0.25) is 11.8 Å². The van der Waals surface area contributed by atoms with Gasteiger partial charge in [-0.2, -0.15) is 0 Å². The van der Waals surface area contributed by atoms with Gasteiger partial charge in [-0.3, -0.25) is 9.59 Å². The van der Waals surface area contributed by atoms with Crippen LogP contribution in [-0.2, 0) is 4.79 Å². The van der Waals surface area contributed by atoms with Gasteiger partial charge in [0.25, 0.3) is 0 Å². The first-order valence-corrected chi connectivity index (χ1v) is 5.35. The van der Waals surface area contributed by atoms with Crippen LogP contribution in [0.2, 0.25) is 0 Å². The number of primary amides is 1. The third-order valence-corrected chi connectivity index (χ3v) is 2.35. The van der Waals surface area contributed by atoms with Crippen LogP contribution in [0.15, 0.2) is 18.2 Å². The van der Waals surface area contributed by atoms with Crippen molar-refractivity contribution in [3.05, 3.63) is 29.3 Å². The van der Waals surface area contributed by atoms with E-state index in [1.165, 1.54) is 0 Å². The molecule has 0 heterocycles. The monoisotopic (exact) mass is 236 g/mol. The number of aryl methyl sites for hydroxylation is 1. The van der Waals surface area contributed by atoms with Gasteiger partial charge in [0.15, 0.2) is 0 Å². The lowest BCUT2D eigenvalue weighted by Gasteiger charge is -2.08. The number of rotatable bonds is 5. The minimum Gasteiger partial charge on any atom is -0.396 e. The molecule has 0 bridgehead atoms. The summed E-state index contributed by atoms with van der Waals surface area (Å²) < 4.78 is 0. The Hall–Kier alpha value is -1.88. The average Bonchev–Trinajstić information content (AvgIpc) is 2.28. The molecule has 1 rings (SSSR count). The van der Waals surface area contributed by atoms with E-state index in [4.69, 9.17) is 10.8 Å². The standard InChI is InChI=1S/C12H16N2O3/c1-8-7-9(12(13)17)4-5-10(8)14-11(16)3-2-6-15/h4-5,7,15H,2-3,6H2,1H3,(H2,13,17)(H,14,16). The Bertz CT molecular complexity index is 430. The highest BCUT2D eigenvalue weighted by Gasteiger charge is 2.07. The molecule has 1 aromatic rings. The number of nitrogens with one attached hydrogen (secondary N) is 1. The molecule has 0 aromatic heterocycles. The van der Waals surface area contributed by atoms with E-state index < -0.39 is 5.91 Å². The van der Waals surface area contributed by atoms with Gasteiger partial charge in [-0.05, 0) is 37.1 Å². The second-order valence-electron chi connectivity index (χ2n) is 3.77. The predicted octanol–water partition coefficient (Wildman–Crippen LogP) is 0.805. The van der Waals surface area contributed by atoms with Crippen molar-refractivity contribution < 1.29 is 14.7 Å². The van der Waals surface area contributed by atoms with Gasteiger partial charge in [-0.25, -0.2) is 0 Å². The van der Waals surface area contributed by atoms with Gasteiger partial charge in [0.1, 0.15) is 0 Å². The zero-order chi connectivity index (χ0) is 12.8. The van der Waals surface area contributed by atoms with Gasteiger partial charge >= 0.3 is 0 Å². The third-order valence-electron chi connectivity index (χ3n) is 2.35. The Morgan fingerprint density at radius 3 is 2.65 bits per heavy atom. The van der Waals surface area contributed by atoms with Crippen LogP contribution in [0.5, 0.6) is 0 Å². The fourth-order valence-corrected chi connectivity index (χ4v) is 1.41. The van der Waals surface area contributed by atoms with Crippen LogP contribution in [0.1, 0.15) is 28.8 Å². The van der Waals surface area contributed by atoms with Crippen molar-refractivity contribution >= 4 is 17.5 Å². The lowest BCUT2D eigenvalue weighted by atomic mass is 10.1. The van der Waals surface area contributed by atoms with Gasteiger partial charge in [0.05, 0.1) is 0 Å². The molecule has 0 saturated heterocycles. The van der Waals surface area contributed by atoms with Crippen LogP contribution >= 0.6 is 0 Å². The molecule has 5 heteroatoms. The Morgan fingerprint density at radius 2 is 2.12 bits per heavy atom. The van der Waals surface area contributed by atoms with Crippen molar-refractivity contribution in [1.29, 1.82) is 0 Å². The zero-order valence-electron chi connectivity index (χ0n) is 9.69. The van der Waals surface area contributed by atoms with Crippen LogP contribution in [0, 0.1) is 6.92 Å². The fourth-order valence-electron chi connectivity index (χ4n) is 1.41. The summed E-state index contributed by atoms with van der Waals surface area (Å²) in [6.07, 6.45) is 0.706. The third kappa shape index (κ3) is 3.88. The fraction of sp³-hybridized carbons (Fsp3) is 0.333. The minimum atomic E-state index is -0.494. The molecule has 92 valence electrons. The van der Waals surface area contributed by atoms with Gasteiger partial charge < -0.3 is 16.2 Å². The first-order chi connectivity index (χ1) is 8.04. The van der Waals surface area contributed by atoms with Crippen molar-refractivity contribution in [1.82, 2.24) is 0 Å². The van der Waals surface area contributed by atoms with Crippen molar-refractivity contribution in [3.8, 4) is 0 Å². The first-order valence-electron chi connectivity index (χ1n) is 5.35. The molecule has 0 unspecified atom stereocenters. The number of carbonyl (C=O) groups is 2. The Balaban J connectivity index is 2.72. The molecule has 5 nitrogen and oxygen atoms in total. The smallest absolute Gasteiger partial charge is 0.248 e. The molecule has 0 saturated carbocycles. The normalized spacial score (nSPS) is 10.0. The van der Waals surface area contributed by atoms with Gasteiger partial charge in [-0.1, -0.05) is 0 Å². The van der Waals surface area contributed by atoms with E-state index in [0.717, 1.165) is 5.56 Å². The highest BCUT2D eigenvalue weighted by atomic mass is 16.3. The average molecular weight is 236 g/mol. The van der Waals surface area contributed by atoms with Gasteiger partial charge in [0, 0.05) is 24.3 Å². The minimum absolute atomic E-state index is 0.00693. The van der Waals surface area contributed by atoms with Crippen molar-refractivity contribution in [3.63, 3.8) is 0 Å². The van der Waals surface area contributed by atoms with Crippen molar-refractivity contribution in [2.75, 3.05) is 11.9 Å². The zero-order valence-corrected chi connectivity index (χ0v) is 9.69. The summed E-state index contributed by atoms with van der Waals surface area (Å²) in [7, 11) is 0. The van der Waals surface area contributed by atoms with Crippen LogP contribution in [0.3, 0.4) is 0 Å². The number of benzene rings is 1. The van der Waals surface area contributed by atoms with E-state index >= 15 is 0 Å². The van der Waals surface area contributed by atoms with E-state index in [1.54, 1.807) is 25.1 Å². The highest BCUT2D eigenvalue weighted by molar-refractivity contribution is 5.95. The van der Waals surface area contributed by atoms with E-state index in [-0.39, 0.29) is 18.9 Å². The molecule has 0 fully saturated rings. The molecule has 0 aliphatic carbocycles. The Labute approximate surface area is 99.6 Å². The van der Waals surface area contributed by atoms with E-state index in [2.05, 4.69) is 5.32 Å². The summed E-state index contributed by atoms with van der Waals surface area (Å²) in [4.78, 5) is 22.4. The molecule has 0 aliphatic rings. The predicted molar refractivity (Wildman–Crippen MR) is 64.6 cm³/mol. The molecular weight excluding hydrogens is 220 g/mol. The molecule has 0 atom stereocenters. The molecular formula is C12H16N2O3. The Kier molecular flexibility index (Phi) is 4.66. The summed E-state index contributed by atoms with van der Waals surface area (Å²) >= 11 is 0. The van der Waals surface area contributed by atoms with Crippen LogP contribution in [0.25, 0.3) is 0 Å². The lowest BCUT2D eigenvalue weighted by molar-refractivity contribution is -0.116. The van der Waals surface area contributed by atoms with Crippen LogP contribution < -0.4 is 11.1 Å². The number of aliphatic hydroxyl groups excluding tert-OH is 1. The van der Waals surface area contributed by atoms with Gasteiger partial charge in [-0.15, -0.1) is 0 Å². The van der Waals surface area contributed by atoms with Crippen molar-refractivity contribution in [2.45, 2.75) is 19.8 Å². The molecule has 2 amide bonds. The summed E-state index contributed by atoms with van der Waals surface area (Å²) in [6, 6.07) is 4.84. The molecule has 17 heavy (non-hydrogen) atoms. The van der Waals surface area contributed by atoms with Crippen molar-refractivity contribution in [2.24, 2.45) is 5.73 Å². The van der Waals surface area contributed by atoms with E-state index in [9.17, 15) is 9.59 Å². The number of anilines is 1. The second-order valence-corrected chi connectivity index (χ2v) is 3.77. The number of aliphatic hydroxyl groups is 1. The molecule has 0 spiro atoms. The largest absolute Gasteiger partial charge is 0.396 e. The lowest BCUT2D eigenvalue weighted by Crippen LogP contribution is -2.14. The van der Waals surface area contributed by atoms with Crippen LogP contribution in [0.4, 0.5) is 5.69 Å². The highest BCUT2D eigenvalue weighted by Crippen LogP contribution is 2.16. The number of carbonyl (C=O) groups excluding carboxylic acids is 2. The Morgan fingerprint density at radius 1 is 1.41 bits per heavy atom. The van der Waals surface area contributed by atoms with E-state index in [0.29, 0.717) is 17.7 Å². The second kappa shape index (κ2) is 6.00. The van der Waals surface area contributed by atoms with E-state index in [1.807, 2.05) is 0 Å². The summed E-state index contributed by atoms with van der Waals surface area (Å²) in [5.74, 6) is -0.653. The number of hydrogen-bond donors (Lipinski definition) is 3.